The van der Waals surface area contributed by atoms with Crippen molar-refractivity contribution in [3.63, 3.8) is 0 Å². The summed E-state index contributed by atoms with van der Waals surface area (Å²) in [6.07, 6.45) is 6.31. The second-order valence-corrected chi connectivity index (χ2v) is 9.58. The molecule has 2 fully saturated rings. The Labute approximate surface area is 157 Å². The fourth-order valence-corrected chi connectivity index (χ4v) is 5.50. The molecular weight excluding hydrogens is 346 g/mol. The van der Waals surface area contributed by atoms with Gasteiger partial charge in [-0.25, -0.2) is 8.42 Å². The van der Waals surface area contributed by atoms with E-state index in [1.54, 1.807) is 16.4 Å². The van der Waals surface area contributed by atoms with Gasteiger partial charge in [-0.05, 0) is 43.4 Å². The van der Waals surface area contributed by atoms with Crippen LogP contribution in [0.15, 0.2) is 29.2 Å². The SMILES string of the molecule is C[C@H](C#N)CN1CCN(S(=O)(=O)c2ccc(C3CCCCC3)cc2)CC1. The molecule has 6 heteroatoms. The summed E-state index contributed by atoms with van der Waals surface area (Å²) in [5, 5.41) is 8.93. The van der Waals surface area contributed by atoms with Crippen molar-refractivity contribution in [3.8, 4) is 6.07 Å². The molecule has 1 heterocycles. The van der Waals surface area contributed by atoms with Crippen LogP contribution >= 0.6 is 0 Å². The highest BCUT2D eigenvalue weighted by atomic mass is 32.2. The molecule has 142 valence electrons. The molecular formula is C20H29N3O2S. The summed E-state index contributed by atoms with van der Waals surface area (Å²) < 4.78 is 27.4. The maximum Gasteiger partial charge on any atom is 0.243 e. The Bertz CT molecular complexity index is 725. The number of piperazine rings is 1. The van der Waals surface area contributed by atoms with E-state index in [0.717, 1.165) is 0 Å². The standard InChI is InChI=1S/C20H29N3O2S/c1-17(15-21)16-22-11-13-23(14-12-22)26(24,25)20-9-7-19(8-10-20)18-5-3-2-4-6-18/h7-10,17-18H,2-6,11-14,16H2,1H3/t17-/m1/s1. The molecule has 1 aromatic rings. The van der Waals surface area contributed by atoms with Crippen LogP contribution in [0, 0.1) is 17.2 Å². The molecule has 0 spiro atoms. The zero-order valence-corrected chi connectivity index (χ0v) is 16.4. The number of rotatable bonds is 5. The highest BCUT2D eigenvalue weighted by Crippen LogP contribution is 2.33. The van der Waals surface area contributed by atoms with E-state index in [2.05, 4.69) is 11.0 Å². The van der Waals surface area contributed by atoms with Crippen molar-refractivity contribution >= 4 is 10.0 Å². The Balaban J connectivity index is 1.62. The van der Waals surface area contributed by atoms with Gasteiger partial charge >= 0.3 is 0 Å². The van der Waals surface area contributed by atoms with Gasteiger partial charge in [0.05, 0.1) is 16.9 Å². The first kappa shape index (κ1) is 19.3. The number of nitriles is 1. The average Bonchev–Trinajstić information content (AvgIpc) is 2.69. The van der Waals surface area contributed by atoms with Crippen molar-refractivity contribution in [2.75, 3.05) is 32.7 Å². The van der Waals surface area contributed by atoms with Crippen LogP contribution in [0.5, 0.6) is 0 Å². The summed E-state index contributed by atoms with van der Waals surface area (Å²) in [5.41, 5.74) is 1.28. The first-order chi connectivity index (χ1) is 12.5. The van der Waals surface area contributed by atoms with Gasteiger partial charge in [-0.15, -0.1) is 0 Å². The van der Waals surface area contributed by atoms with Crippen LogP contribution in [0.1, 0.15) is 50.5 Å². The Morgan fingerprint density at radius 3 is 2.27 bits per heavy atom. The van der Waals surface area contributed by atoms with Gasteiger partial charge in [-0.1, -0.05) is 31.4 Å². The van der Waals surface area contributed by atoms with Crippen molar-refractivity contribution < 1.29 is 8.42 Å². The molecule has 1 atom stereocenters. The second-order valence-electron chi connectivity index (χ2n) is 7.64. The van der Waals surface area contributed by atoms with Crippen molar-refractivity contribution in [2.45, 2.75) is 49.8 Å². The van der Waals surface area contributed by atoms with Crippen LogP contribution in [0.25, 0.3) is 0 Å². The van der Waals surface area contributed by atoms with Crippen LogP contribution in [0.3, 0.4) is 0 Å². The fourth-order valence-electron chi connectivity index (χ4n) is 4.08. The van der Waals surface area contributed by atoms with E-state index in [1.165, 1.54) is 37.7 Å². The van der Waals surface area contributed by atoms with Crippen molar-refractivity contribution in [1.82, 2.24) is 9.21 Å². The topological polar surface area (TPSA) is 64.4 Å². The molecule has 3 rings (SSSR count). The van der Waals surface area contributed by atoms with Crippen molar-refractivity contribution in [1.29, 1.82) is 5.26 Å². The third-order valence-corrected chi connectivity index (χ3v) is 7.59. The van der Waals surface area contributed by atoms with E-state index in [1.807, 2.05) is 19.1 Å². The molecule has 1 aliphatic heterocycles. The predicted octanol–water partition coefficient (Wildman–Crippen LogP) is 3.20. The van der Waals surface area contributed by atoms with Gasteiger partial charge in [-0.3, -0.25) is 4.90 Å². The number of sulfonamides is 1. The lowest BCUT2D eigenvalue weighted by atomic mass is 9.84. The quantitative estimate of drug-likeness (QED) is 0.793. The van der Waals surface area contributed by atoms with Crippen LogP contribution < -0.4 is 0 Å². The van der Waals surface area contributed by atoms with Gasteiger partial charge in [0.1, 0.15) is 0 Å². The summed E-state index contributed by atoms with van der Waals surface area (Å²) in [6.45, 7) is 4.96. The maximum atomic E-state index is 12.9. The van der Waals surface area contributed by atoms with Gasteiger partial charge < -0.3 is 0 Å². The van der Waals surface area contributed by atoms with Crippen LogP contribution in [0.4, 0.5) is 0 Å². The molecule has 0 aromatic heterocycles. The van der Waals surface area contributed by atoms with Crippen molar-refractivity contribution in [2.24, 2.45) is 5.92 Å². The molecule has 1 saturated heterocycles. The Hall–Kier alpha value is -1.42. The monoisotopic (exact) mass is 375 g/mol. The lowest BCUT2D eigenvalue weighted by molar-refractivity contribution is 0.178. The van der Waals surface area contributed by atoms with Crippen LogP contribution in [0.2, 0.25) is 0 Å². The van der Waals surface area contributed by atoms with E-state index < -0.39 is 10.0 Å². The van der Waals surface area contributed by atoms with Gasteiger partial charge in [0.25, 0.3) is 0 Å². The average molecular weight is 376 g/mol. The third kappa shape index (κ3) is 4.46. The van der Waals surface area contributed by atoms with Gasteiger partial charge in [0.15, 0.2) is 0 Å². The lowest BCUT2D eigenvalue weighted by Crippen LogP contribution is -2.49. The Kier molecular flexibility index (Phi) is 6.33. The molecule has 0 bridgehead atoms. The fraction of sp³-hybridized carbons (Fsp3) is 0.650. The largest absolute Gasteiger partial charge is 0.299 e. The zero-order chi connectivity index (χ0) is 18.6. The number of nitrogens with zero attached hydrogens (tertiary/aromatic N) is 3. The molecule has 0 amide bonds. The molecule has 2 aliphatic rings. The molecule has 0 N–H and O–H groups in total. The van der Waals surface area contributed by atoms with E-state index in [4.69, 9.17) is 5.26 Å². The minimum absolute atomic E-state index is 0.0227. The number of hydrogen-bond acceptors (Lipinski definition) is 4. The first-order valence-electron chi connectivity index (χ1n) is 9.73. The lowest BCUT2D eigenvalue weighted by Gasteiger charge is -2.34. The summed E-state index contributed by atoms with van der Waals surface area (Å²) in [7, 11) is -3.43. The van der Waals surface area contributed by atoms with Gasteiger partial charge in [0.2, 0.25) is 10.0 Å². The summed E-state index contributed by atoms with van der Waals surface area (Å²) in [4.78, 5) is 2.57. The van der Waals surface area contributed by atoms with E-state index in [0.29, 0.717) is 43.5 Å². The summed E-state index contributed by atoms with van der Waals surface area (Å²) in [5.74, 6) is 0.566. The smallest absolute Gasteiger partial charge is 0.243 e. The molecule has 1 aliphatic carbocycles. The van der Waals surface area contributed by atoms with E-state index in [-0.39, 0.29) is 5.92 Å². The summed E-state index contributed by atoms with van der Waals surface area (Å²) in [6, 6.07) is 9.82. The Morgan fingerprint density at radius 1 is 1.08 bits per heavy atom. The normalized spacial score (nSPS) is 22.0. The molecule has 5 nitrogen and oxygen atoms in total. The molecule has 0 unspecified atom stereocenters. The minimum atomic E-state index is -3.43. The van der Waals surface area contributed by atoms with Crippen LogP contribution in [-0.2, 0) is 10.0 Å². The Morgan fingerprint density at radius 2 is 1.69 bits per heavy atom. The number of hydrogen-bond donors (Lipinski definition) is 0. The highest BCUT2D eigenvalue weighted by Gasteiger charge is 2.29. The number of benzene rings is 1. The van der Waals surface area contributed by atoms with Gasteiger partial charge in [0, 0.05) is 32.7 Å². The third-order valence-electron chi connectivity index (χ3n) is 5.68. The second kappa shape index (κ2) is 8.51. The van der Waals surface area contributed by atoms with E-state index >= 15 is 0 Å². The van der Waals surface area contributed by atoms with Gasteiger partial charge in [-0.2, -0.15) is 9.57 Å². The van der Waals surface area contributed by atoms with E-state index in [9.17, 15) is 8.42 Å². The van der Waals surface area contributed by atoms with Crippen molar-refractivity contribution in [3.05, 3.63) is 29.8 Å². The highest BCUT2D eigenvalue weighted by molar-refractivity contribution is 7.89. The minimum Gasteiger partial charge on any atom is -0.299 e. The summed E-state index contributed by atoms with van der Waals surface area (Å²) >= 11 is 0. The molecule has 1 saturated carbocycles. The molecule has 0 radical (unpaired) electrons. The van der Waals surface area contributed by atoms with Crippen LogP contribution in [-0.4, -0.2) is 50.3 Å². The first-order valence-corrected chi connectivity index (χ1v) is 11.2. The molecule has 1 aromatic carbocycles. The zero-order valence-electron chi connectivity index (χ0n) is 15.6. The maximum absolute atomic E-state index is 12.9. The molecule has 26 heavy (non-hydrogen) atoms. The predicted molar refractivity (Wildman–Crippen MR) is 102 cm³/mol.